The van der Waals surface area contributed by atoms with Crippen molar-refractivity contribution in [3.05, 3.63) is 57.5 Å². The third-order valence-corrected chi connectivity index (χ3v) is 5.19. The molecule has 1 N–H and O–H groups in total. The van der Waals surface area contributed by atoms with E-state index in [9.17, 15) is 4.79 Å². The lowest BCUT2D eigenvalue weighted by atomic mass is 10.2. The van der Waals surface area contributed by atoms with E-state index in [1.54, 1.807) is 0 Å². The number of thioether (sulfide) groups is 1. The fourth-order valence-electron chi connectivity index (χ4n) is 1.89. The summed E-state index contributed by atoms with van der Waals surface area (Å²) in [7, 11) is 0. The standard InChI is InChI=1S/C16H11Br2N3O2S/c17-11-6-2-1-5-10(11)15-20-21-16(23-15)24-9-14(22)19-13-8-4-3-7-12(13)18/h1-8H,9H2,(H,19,22). The van der Waals surface area contributed by atoms with Crippen LogP contribution < -0.4 is 5.32 Å². The predicted octanol–water partition coefficient (Wildman–Crippen LogP) is 4.99. The van der Waals surface area contributed by atoms with E-state index in [0.717, 1.165) is 20.2 Å². The predicted molar refractivity (Wildman–Crippen MR) is 101 cm³/mol. The van der Waals surface area contributed by atoms with Crippen molar-refractivity contribution in [2.24, 2.45) is 0 Å². The first-order chi connectivity index (χ1) is 11.6. The molecule has 0 saturated carbocycles. The van der Waals surface area contributed by atoms with Crippen LogP contribution in [0.2, 0.25) is 0 Å². The third-order valence-electron chi connectivity index (χ3n) is 2.99. The molecule has 0 radical (unpaired) electrons. The van der Waals surface area contributed by atoms with Crippen molar-refractivity contribution in [2.75, 3.05) is 11.1 Å². The zero-order valence-corrected chi connectivity index (χ0v) is 16.2. The van der Waals surface area contributed by atoms with Crippen LogP contribution in [0.4, 0.5) is 5.69 Å². The van der Waals surface area contributed by atoms with E-state index in [-0.39, 0.29) is 11.7 Å². The van der Waals surface area contributed by atoms with Crippen LogP contribution in [0.15, 0.2) is 67.1 Å². The number of hydrogen-bond acceptors (Lipinski definition) is 5. The van der Waals surface area contributed by atoms with Gasteiger partial charge in [-0.25, -0.2) is 0 Å². The van der Waals surface area contributed by atoms with Crippen molar-refractivity contribution >= 4 is 55.2 Å². The smallest absolute Gasteiger partial charge is 0.277 e. The summed E-state index contributed by atoms with van der Waals surface area (Å²) in [5, 5.41) is 11.2. The van der Waals surface area contributed by atoms with Gasteiger partial charge >= 0.3 is 0 Å². The summed E-state index contributed by atoms with van der Waals surface area (Å²) in [4.78, 5) is 12.0. The Morgan fingerprint density at radius 1 is 1.04 bits per heavy atom. The molecule has 2 aromatic carbocycles. The number of nitrogens with zero attached hydrogens (tertiary/aromatic N) is 2. The molecule has 0 aliphatic heterocycles. The van der Waals surface area contributed by atoms with Crippen LogP contribution >= 0.6 is 43.6 Å². The summed E-state index contributed by atoms with van der Waals surface area (Å²) in [5.74, 6) is 0.447. The molecule has 3 rings (SSSR count). The Morgan fingerprint density at radius 2 is 1.75 bits per heavy atom. The lowest BCUT2D eigenvalue weighted by Gasteiger charge is -2.05. The van der Waals surface area contributed by atoms with Gasteiger partial charge in [0.25, 0.3) is 5.22 Å². The van der Waals surface area contributed by atoms with Gasteiger partial charge in [0.2, 0.25) is 11.8 Å². The summed E-state index contributed by atoms with van der Waals surface area (Å²) in [6, 6.07) is 15.0. The largest absolute Gasteiger partial charge is 0.411 e. The van der Waals surface area contributed by atoms with Crippen LogP contribution in [0.5, 0.6) is 0 Å². The molecule has 0 unspecified atom stereocenters. The Labute approximate surface area is 159 Å². The molecule has 0 saturated heterocycles. The van der Waals surface area contributed by atoms with Crippen molar-refractivity contribution in [1.82, 2.24) is 10.2 Å². The van der Waals surface area contributed by atoms with E-state index in [1.807, 2.05) is 48.5 Å². The van der Waals surface area contributed by atoms with Crippen molar-refractivity contribution in [3.8, 4) is 11.5 Å². The lowest BCUT2D eigenvalue weighted by Crippen LogP contribution is -2.14. The number of carbonyl (C=O) groups is 1. The molecule has 3 aromatic rings. The fraction of sp³-hybridized carbons (Fsp3) is 0.0625. The van der Waals surface area contributed by atoms with E-state index in [4.69, 9.17) is 4.42 Å². The molecule has 5 nitrogen and oxygen atoms in total. The molecule has 1 amide bonds. The van der Waals surface area contributed by atoms with Crippen LogP contribution in [0, 0.1) is 0 Å². The zero-order valence-electron chi connectivity index (χ0n) is 12.2. The van der Waals surface area contributed by atoms with Crippen LogP contribution in [0.3, 0.4) is 0 Å². The summed E-state index contributed by atoms with van der Waals surface area (Å²) in [6.07, 6.45) is 0. The van der Waals surface area contributed by atoms with Gasteiger partial charge in [0.1, 0.15) is 0 Å². The van der Waals surface area contributed by atoms with Gasteiger partial charge < -0.3 is 9.73 Å². The number of carbonyl (C=O) groups excluding carboxylic acids is 1. The van der Waals surface area contributed by atoms with E-state index < -0.39 is 0 Å². The molecule has 122 valence electrons. The molecule has 0 aliphatic rings. The lowest BCUT2D eigenvalue weighted by molar-refractivity contribution is -0.113. The van der Waals surface area contributed by atoms with Gasteiger partial charge in [0.15, 0.2) is 0 Å². The highest BCUT2D eigenvalue weighted by molar-refractivity contribution is 9.11. The van der Waals surface area contributed by atoms with E-state index in [0.29, 0.717) is 11.1 Å². The van der Waals surface area contributed by atoms with E-state index in [2.05, 4.69) is 47.4 Å². The normalized spacial score (nSPS) is 10.6. The average molecular weight is 469 g/mol. The summed E-state index contributed by atoms with van der Waals surface area (Å²) in [5.41, 5.74) is 1.54. The Kier molecular flexibility index (Phi) is 5.70. The molecule has 0 fully saturated rings. The molecule has 24 heavy (non-hydrogen) atoms. The second-order valence-electron chi connectivity index (χ2n) is 4.67. The quantitative estimate of drug-likeness (QED) is 0.534. The molecule has 1 heterocycles. The number of hydrogen-bond donors (Lipinski definition) is 1. The minimum absolute atomic E-state index is 0.146. The molecular weight excluding hydrogens is 458 g/mol. The molecule has 8 heteroatoms. The first kappa shape index (κ1) is 17.2. The Balaban J connectivity index is 1.61. The second kappa shape index (κ2) is 7.96. The number of para-hydroxylation sites is 1. The topological polar surface area (TPSA) is 68.0 Å². The number of rotatable bonds is 5. The van der Waals surface area contributed by atoms with Crippen LogP contribution in [-0.2, 0) is 4.79 Å². The van der Waals surface area contributed by atoms with Crippen LogP contribution in [0.1, 0.15) is 0 Å². The first-order valence-corrected chi connectivity index (χ1v) is 9.46. The Bertz CT molecular complexity index is 870. The SMILES string of the molecule is O=C(CSc1nnc(-c2ccccc2Br)o1)Nc1ccccc1Br. The molecule has 0 bridgehead atoms. The molecular formula is C16H11Br2N3O2S. The number of benzene rings is 2. The summed E-state index contributed by atoms with van der Waals surface area (Å²) >= 11 is 8.03. The maximum Gasteiger partial charge on any atom is 0.277 e. The summed E-state index contributed by atoms with van der Waals surface area (Å²) < 4.78 is 7.30. The maximum absolute atomic E-state index is 12.0. The van der Waals surface area contributed by atoms with Gasteiger partial charge in [-0.05, 0) is 56.1 Å². The van der Waals surface area contributed by atoms with Crippen LogP contribution in [0.25, 0.3) is 11.5 Å². The van der Waals surface area contributed by atoms with Crippen molar-refractivity contribution < 1.29 is 9.21 Å². The van der Waals surface area contributed by atoms with Gasteiger partial charge in [-0.15, -0.1) is 10.2 Å². The second-order valence-corrected chi connectivity index (χ2v) is 7.30. The fourth-order valence-corrected chi connectivity index (χ4v) is 3.29. The highest BCUT2D eigenvalue weighted by Crippen LogP contribution is 2.29. The van der Waals surface area contributed by atoms with Gasteiger partial charge in [0, 0.05) is 8.95 Å². The average Bonchev–Trinajstić information content (AvgIpc) is 3.04. The number of aromatic nitrogens is 2. The van der Waals surface area contributed by atoms with Crippen molar-refractivity contribution in [3.63, 3.8) is 0 Å². The number of anilines is 1. The van der Waals surface area contributed by atoms with Crippen molar-refractivity contribution in [1.29, 1.82) is 0 Å². The minimum Gasteiger partial charge on any atom is -0.411 e. The monoisotopic (exact) mass is 467 g/mol. The van der Waals surface area contributed by atoms with Gasteiger partial charge in [-0.1, -0.05) is 36.0 Å². The van der Waals surface area contributed by atoms with E-state index >= 15 is 0 Å². The Morgan fingerprint density at radius 3 is 2.50 bits per heavy atom. The molecule has 0 aliphatic carbocycles. The summed E-state index contributed by atoms with van der Waals surface area (Å²) in [6.45, 7) is 0. The molecule has 1 aromatic heterocycles. The Hall–Kier alpha value is -1.64. The highest BCUT2D eigenvalue weighted by Gasteiger charge is 2.13. The van der Waals surface area contributed by atoms with Crippen LogP contribution in [-0.4, -0.2) is 21.9 Å². The van der Waals surface area contributed by atoms with Gasteiger partial charge in [-0.2, -0.15) is 0 Å². The maximum atomic E-state index is 12.0. The minimum atomic E-state index is -0.146. The third kappa shape index (κ3) is 4.25. The number of amides is 1. The number of halogens is 2. The molecule has 0 spiro atoms. The molecule has 0 atom stereocenters. The van der Waals surface area contributed by atoms with Crippen molar-refractivity contribution in [2.45, 2.75) is 5.22 Å². The zero-order chi connectivity index (χ0) is 16.9. The first-order valence-electron chi connectivity index (χ1n) is 6.89. The van der Waals surface area contributed by atoms with Gasteiger partial charge in [0.05, 0.1) is 17.0 Å². The highest BCUT2D eigenvalue weighted by atomic mass is 79.9. The van der Waals surface area contributed by atoms with E-state index in [1.165, 1.54) is 11.8 Å². The number of nitrogens with one attached hydrogen (secondary N) is 1. The van der Waals surface area contributed by atoms with Gasteiger partial charge in [-0.3, -0.25) is 4.79 Å².